The minimum absolute atomic E-state index is 0.0501. The van der Waals surface area contributed by atoms with Crippen molar-refractivity contribution in [1.82, 2.24) is 15.5 Å². The van der Waals surface area contributed by atoms with E-state index in [-0.39, 0.29) is 24.4 Å². The maximum Gasteiger partial charge on any atom is 0.324 e. The molecule has 0 bridgehead atoms. The SMILES string of the molecule is CNC(=O)Cc1ccc(NCC(=O)N2CCNC2=O)cc1. The Morgan fingerprint density at radius 3 is 2.57 bits per heavy atom. The lowest BCUT2D eigenvalue weighted by molar-refractivity contribution is -0.125. The highest BCUT2D eigenvalue weighted by Crippen LogP contribution is 2.10. The molecular formula is C14H18N4O3. The summed E-state index contributed by atoms with van der Waals surface area (Å²) in [5.74, 6) is -0.314. The number of hydrogen-bond acceptors (Lipinski definition) is 4. The normalized spacial score (nSPS) is 13.8. The van der Waals surface area contributed by atoms with Crippen molar-refractivity contribution >= 4 is 23.5 Å². The number of likely N-dealkylation sites (N-methyl/N-ethyl adjacent to an activating group) is 1. The van der Waals surface area contributed by atoms with Crippen molar-refractivity contribution in [2.75, 3.05) is 32.0 Å². The molecule has 0 atom stereocenters. The quantitative estimate of drug-likeness (QED) is 0.708. The van der Waals surface area contributed by atoms with Gasteiger partial charge >= 0.3 is 6.03 Å². The Hall–Kier alpha value is -2.57. The number of urea groups is 1. The average Bonchev–Trinajstić information content (AvgIpc) is 2.92. The fourth-order valence-corrected chi connectivity index (χ4v) is 2.00. The molecule has 0 aliphatic carbocycles. The second kappa shape index (κ2) is 6.74. The Morgan fingerprint density at radius 2 is 2.00 bits per heavy atom. The van der Waals surface area contributed by atoms with Crippen LogP contribution in [0.1, 0.15) is 5.56 Å². The number of nitrogens with zero attached hydrogens (tertiary/aromatic N) is 1. The molecule has 0 aromatic heterocycles. The van der Waals surface area contributed by atoms with E-state index in [1.54, 1.807) is 19.2 Å². The number of anilines is 1. The van der Waals surface area contributed by atoms with E-state index in [0.29, 0.717) is 19.5 Å². The fourth-order valence-electron chi connectivity index (χ4n) is 2.00. The van der Waals surface area contributed by atoms with E-state index in [1.165, 1.54) is 4.90 Å². The van der Waals surface area contributed by atoms with Crippen LogP contribution < -0.4 is 16.0 Å². The molecule has 0 radical (unpaired) electrons. The van der Waals surface area contributed by atoms with Gasteiger partial charge in [0, 0.05) is 25.8 Å². The number of carbonyl (C=O) groups is 3. The summed E-state index contributed by atoms with van der Waals surface area (Å²) in [5, 5.41) is 8.11. The van der Waals surface area contributed by atoms with Gasteiger partial charge in [0.15, 0.2) is 0 Å². The number of carbonyl (C=O) groups excluding carboxylic acids is 3. The summed E-state index contributed by atoms with van der Waals surface area (Å²) >= 11 is 0. The molecule has 2 rings (SSSR count). The number of amides is 4. The van der Waals surface area contributed by atoms with Gasteiger partial charge in [-0.2, -0.15) is 0 Å². The largest absolute Gasteiger partial charge is 0.376 e. The molecular weight excluding hydrogens is 272 g/mol. The number of benzene rings is 1. The predicted molar refractivity (Wildman–Crippen MR) is 77.8 cm³/mol. The minimum atomic E-state index is -0.345. The Balaban J connectivity index is 1.84. The first-order chi connectivity index (χ1) is 10.1. The van der Waals surface area contributed by atoms with Gasteiger partial charge in [0.1, 0.15) is 0 Å². The molecule has 21 heavy (non-hydrogen) atoms. The number of imide groups is 1. The van der Waals surface area contributed by atoms with Crippen LogP contribution in [0.25, 0.3) is 0 Å². The van der Waals surface area contributed by atoms with E-state index in [1.807, 2.05) is 12.1 Å². The summed E-state index contributed by atoms with van der Waals surface area (Å²) in [7, 11) is 1.60. The summed E-state index contributed by atoms with van der Waals surface area (Å²) < 4.78 is 0. The molecule has 3 N–H and O–H groups in total. The van der Waals surface area contributed by atoms with Crippen LogP contribution in [0.4, 0.5) is 10.5 Å². The first-order valence-electron chi connectivity index (χ1n) is 6.71. The molecule has 7 nitrogen and oxygen atoms in total. The van der Waals surface area contributed by atoms with E-state index in [2.05, 4.69) is 16.0 Å². The van der Waals surface area contributed by atoms with Crippen molar-refractivity contribution < 1.29 is 14.4 Å². The third-order valence-electron chi connectivity index (χ3n) is 3.20. The van der Waals surface area contributed by atoms with E-state index in [0.717, 1.165) is 11.3 Å². The summed E-state index contributed by atoms with van der Waals surface area (Å²) in [4.78, 5) is 35.6. The second-order valence-electron chi connectivity index (χ2n) is 4.68. The standard InChI is InChI=1S/C14H18N4O3/c1-15-12(19)8-10-2-4-11(5-3-10)17-9-13(20)18-7-6-16-14(18)21/h2-5,17H,6-9H2,1H3,(H,15,19)(H,16,21). The molecule has 1 aromatic rings. The highest BCUT2D eigenvalue weighted by Gasteiger charge is 2.25. The van der Waals surface area contributed by atoms with Gasteiger partial charge < -0.3 is 16.0 Å². The maximum absolute atomic E-state index is 11.8. The van der Waals surface area contributed by atoms with Gasteiger partial charge in [-0.1, -0.05) is 12.1 Å². The van der Waals surface area contributed by atoms with E-state index >= 15 is 0 Å². The van der Waals surface area contributed by atoms with Gasteiger partial charge in [0.2, 0.25) is 11.8 Å². The molecule has 0 unspecified atom stereocenters. The Kier molecular flexibility index (Phi) is 4.76. The van der Waals surface area contributed by atoms with E-state index in [9.17, 15) is 14.4 Å². The maximum atomic E-state index is 11.8. The van der Waals surface area contributed by atoms with Gasteiger partial charge in [-0.05, 0) is 17.7 Å². The second-order valence-corrected chi connectivity index (χ2v) is 4.68. The molecule has 1 saturated heterocycles. The molecule has 1 aromatic carbocycles. The third kappa shape index (κ3) is 3.95. The molecule has 7 heteroatoms. The third-order valence-corrected chi connectivity index (χ3v) is 3.20. The van der Waals surface area contributed by atoms with Crippen molar-refractivity contribution in [3.8, 4) is 0 Å². The molecule has 1 fully saturated rings. The number of hydrogen-bond donors (Lipinski definition) is 3. The molecule has 1 heterocycles. The Labute approximate surface area is 122 Å². The van der Waals surface area contributed by atoms with Crippen molar-refractivity contribution in [1.29, 1.82) is 0 Å². The fraction of sp³-hybridized carbons (Fsp3) is 0.357. The number of rotatable bonds is 5. The van der Waals surface area contributed by atoms with E-state index < -0.39 is 0 Å². The molecule has 0 saturated carbocycles. The molecule has 1 aliphatic heterocycles. The highest BCUT2D eigenvalue weighted by molar-refractivity contribution is 5.97. The van der Waals surface area contributed by atoms with Gasteiger partial charge in [-0.3, -0.25) is 14.5 Å². The monoisotopic (exact) mass is 290 g/mol. The molecule has 1 aliphatic rings. The Morgan fingerprint density at radius 1 is 1.29 bits per heavy atom. The minimum Gasteiger partial charge on any atom is -0.376 e. The summed E-state index contributed by atoms with van der Waals surface area (Å²) in [5.41, 5.74) is 1.66. The first-order valence-corrected chi connectivity index (χ1v) is 6.71. The van der Waals surface area contributed by atoms with Gasteiger partial charge in [-0.25, -0.2) is 4.79 Å². The summed E-state index contributed by atoms with van der Waals surface area (Å²) in [6.07, 6.45) is 0.323. The summed E-state index contributed by atoms with van der Waals surface area (Å²) in [6, 6.07) is 6.91. The van der Waals surface area contributed by atoms with Gasteiger partial charge in [0.25, 0.3) is 0 Å². The predicted octanol–water partition coefficient (Wildman–Crippen LogP) is -0.0612. The van der Waals surface area contributed by atoms with Crippen LogP contribution in [0.3, 0.4) is 0 Å². The smallest absolute Gasteiger partial charge is 0.324 e. The highest BCUT2D eigenvalue weighted by atomic mass is 16.2. The summed E-state index contributed by atoms with van der Waals surface area (Å²) in [6.45, 7) is 0.964. The van der Waals surface area contributed by atoms with Crippen LogP contribution >= 0.6 is 0 Å². The van der Waals surface area contributed by atoms with E-state index in [4.69, 9.17) is 0 Å². The Bertz CT molecular complexity index is 542. The molecule has 0 spiro atoms. The number of nitrogens with one attached hydrogen (secondary N) is 3. The zero-order valence-corrected chi connectivity index (χ0v) is 11.8. The average molecular weight is 290 g/mol. The zero-order valence-electron chi connectivity index (χ0n) is 11.8. The van der Waals surface area contributed by atoms with Crippen molar-refractivity contribution in [2.45, 2.75) is 6.42 Å². The van der Waals surface area contributed by atoms with Crippen LogP contribution in [0.2, 0.25) is 0 Å². The topological polar surface area (TPSA) is 90.5 Å². The van der Waals surface area contributed by atoms with Crippen LogP contribution in [0.15, 0.2) is 24.3 Å². The zero-order chi connectivity index (χ0) is 15.2. The van der Waals surface area contributed by atoms with Crippen LogP contribution in [-0.4, -0.2) is 49.4 Å². The lowest BCUT2D eigenvalue weighted by atomic mass is 10.1. The lowest BCUT2D eigenvalue weighted by Gasteiger charge is -2.13. The van der Waals surface area contributed by atoms with Gasteiger partial charge in [0.05, 0.1) is 13.0 Å². The van der Waals surface area contributed by atoms with Crippen molar-refractivity contribution in [2.24, 2.45) is 0 Å². The lowest BCUT2D eigenvalue weighted by Crippen LogP contribution is -2.37. The van der Waals surface area contributed by atoms with Crippen molar-refractivity contribution in [3.63, 3.8) is 0 Å². The molecule has 4 amide bonds. The van der Waals surface area contributed by atoms with Crippen LogP contribution in [0, 0.1) is 0 Å². The van der Waals surface area contributed by atoms with Gasteiger partial charge in [-0.15, -0.1) is 0 Å². The molecule has 112 valence electrons. The van der Waals surface area contributed by atoms with Crippen molar-refractivity contribution in [3.05, 3.63) is 29.8 Å². The van der Waals surface area contributed by atoms with Crippen LogP contribution in [-0.2, 0) is 16.0 Å². The van der Waals surface area contributed by atoms with Crippen LogP contribution in [0.5, 0.6) is 0 Å². The first kappa shape index (κ1) is 14.8.